The van der Waals surface area contributed by atoms with Gasteiger partial charge >= 0.3 is 12.0 Å². The first-order valence-corrected chi connectivity index (χ1v) is 5.76. The van der Waals surface area contributed by atoms with Crippen LogP contribution in [0, 0.1) is 0 Å². The summed E-state index contributed by atoms with van der Waals surface area (Å²) >= 11 is 0. The van der Waals surface area contributed by atoms with Crippen LogP contribution in [-0.4, -0.2) is 55.4 Å². The van der Waals surface area contributed by atoms with Gasteiger partial charge in [-0.1, -0.05) is 19.8 Å². The van der Waals surface area contributed by atoms with Crippen LogP contribution in [0.2, 0.25) is 0 Å². The van der Waals surface area contributed by atoms with E-state index in [1.54, 1.807) is 7.05 Å². The first-order chi connectivity index (χ1) is 8.02. The van der Waals surface area contributed by atoms with Crippen LogP contribution >= 0.6 is 0 Å². The number of nitrogens with one attached hydrogen (secondary N) is 1. The van der Waals surface area contributed by atoms with Gasteiger partial charge in [-0.3, -0.25) is 0 Å². The first kappa shape index (κ1) is 15.7. The molecule has 0 fully saturated rings. The Morgan fingerprint density at radius 3 is 2.53 bits per heavy atom. The van der Waals surface area contributed by atoms with Crippen molar-refractivity contribution in [1.29, 1.82) is 0 Å². The van der Waals surface area contributed by atoms with Crippen LogP contribution in [0.3, 0.4) is 0 Å². The van der Waals surface area contributed by atoms with Gasteiger partial charge in [-0.2, -0.15) is 0 Å². The molecule has 0 bridgehead atoms. The number of carboxylic acid groups (broad SMARTS) is 1. The lowest BCUT2D eigenvalue weighted by molar-refractivity contribution is -0.140. The van der Waals surface area contributed by atoms with Crippen LogP contribution in [0.25, 0.3) is 0 Å². The molecule has 17 heavy (non-hydrogen) atoms. The third-order valence-electron chi connectivity index (χ3n) is 2.37. The monoisotopic (exact) mass is 246 g/mol. The van der Waals surface area contributed by atoms with Gasteiger partial charge in [0.25, 0.3) is 0 Å². The van der Waals surface area contributed by atoms with Gasteiger partial charge in [-0.15, -0.1) is 0 Å². The van der Waals surface area contributed by atoms with E-state index in [0.717, 1.165) is 19.3 Å². The highest BCUT2D eigenvalue weighted by atomic mass is 16.5. The van der Waals surface area contributed by atoms with Crippen LogP contribution in [0.1, 0.15) is 26.2 Å². The minimum atomic E-state index is -1.10. The molecule has 0 aromatic heterocycles. The van der Waals surface area contributed by atoms with Gasteiger partial charge in [0.05, 0.1) is 6.61 Å². The highest BCUT2D eigenvalue weighted by Gasteiger charge is 2.21. The maximum absolute atomic E-state index is 11.6. The molecule has 1 atom stereocenters. The number of hydrogen-bond donors (Lipinski definition) is 2. The number of unbranched alkanes of at least 4 members (excludes halogenated alkanes) is 2. The van der Waals surface area contributed by atoms with E-state index < -0.39 is 12.0 Å². The predicted octanol–water partition coefficient (Wildman–Crippen LogP) is 0.918. The zero-order valence-corrected chi connectivity index (χ0v) is 10.7. The smallest absolute Gasteiger partial charge is 0.328 e. The summed E-state index contributed by atoms with van der Waals surface area (Å²) in [5.41, 5.74) is 0. The third kappa shape index (κ3) is 6.78. The fourth-order valence-electron chi connectivity index (χ4n) is 1.30. The van der Waals surface area contributed by atoms with Crippen LogP contribution in [0.5, 0.6) is 0 Å². The molecule has 0 saturated carbocycles. The summed E-state index contributed by atoms with van der Waals surface area (Å²) in [5, 5.41) is 11.2. The zero-order chi connectivity index (χ0) is 13.3. The average Bonchev–Trinajstić information content (AvgIpc) is 2.28. The number of rotatable bonds is 8. The highest BCUT2D eigenvalue weighted by molar-refractivity contribution is 5.82. The minimum Gasteiger partial charge on any atom is -0.480 e. The number of ether oxygens (including phenoxy) is 1. The first-order valence-electron chi connectivity index (χ1n) is 5.76. The molecule has 6 heteroatoms. The number of amides is 2. The lowest BCUT2D eigenvalue weighted by Crippen LogP contribution is -2.48. The van der Waals surface area contributed by atoms with Crippen molar-refractivity contribution in [3.05, 3.63) is 0 Å². The van der Waals surface area contributed by atoms with E-state index >= 15 is 0 Å². The molecule has 0 saturated heterocycles. The largest absolute Gasteiger partial charge is 0.480 e. The summed E-state index contributed by atoms with van der Waals surface area (Å²) in [5.74, 6) is -1.10. The van der Waals surface area contributed by atoms with Gasteiger partial charge in [-0.25, -0.2) is 9.59 Å². The molecule has 0 aromatic rings. The molecule has 2 amide bonds. The molecule has 0 heterocycles. The van der Waals surface area contributed by atoms with Gasteiger partial charge in [0.15, 0.2) is 6.04 Å². The maximum Gasteiger partial charge on any atom is 0.328 e. The molecule has 6 nitrogen and oxygen atoms in total. The van der Waals surface area contributed by atoms with Gasteiger partial charge < -0.3 is 20.1 Å². The Kier molecular flexibility index (Phi) is 8.13. The summed E-state index contributed by atoms with van der Waals surface area (Å²) in [6.07, 6.45) is 3.05. The van der Waals surface area contributed by atoms with Crippen LogP contribution in [-0.2, 0) is 9.53 Å². The van der Waals surface area contributed by atoms with E-state index in [4.69, 9.17) is 9.84 Å². The van der Waals surface area contributed by atoms with E-state index in [-0.39, 0.29) is 12.6 Å². The molecule has 0 aliphatic rings. The Morgan fingerprint density at radius 2 is 2.06 bits per heavy atom. The zero-order valence-electron chi connectivity index (χ0n) is 10.7. The molecule has 0 radical (unpaired) electrons. The predicted molar refractivity (Wildman–Crippen MR) is 64.0 cm³/mol. The molecule has 0 rings (SSSR count). The number of aliphatic carboxylic acids is 1. The van der Waals surface area contributed by atoms with Crippen LogP contribution in [0.15, 0.2) is 0 Å². The summed E-state index contributed by atoms with van der Waals surface area (Å²) in [6, 6.07) is -1.38. The summed E-state index contributed by atoms with van der Waals surface area (Å²) in [7, 11) is 3.05. The average molecular weight is 246 g/mol. The number of urea groups is 1. The summed E-state index contributed by atoms with van der Waals surface area (Å²) in [4.78, 5) is 23.9. The van der Waals surface area contributed by atoms with Crippen LogP contribution in [0.4, 0.5) is 4.79 Å². The van der Waals surface area contributed by atoms with Crippen molar-refractivity contribution in [2.45, 2.75) is 32.2 Å². The van der Waals surface area contributed by atoms with Crippen molar-refractivity contribution in [2.24, 2.45) is 0 Å². The van der Waals surface area contributed by atoms with E-state index in [0.29, 0.717) is 6.54 Å². The molecular formula is C11H22N2O4. The van der Waals surface area contributed by atoms with Crippen molar-refractivity contribution in [3.8, 4) is 0 Å². The SMILES string of the molecule is CCCCCN(C)C(=O)NC(COC)C(=O)O. The Morgan fingerprint density at radius 1 is 1.41 bits per heavy atom. The number of methoxy groups -OCH3 is 1. The van der Waals surface area contributed by atoms with E-state index in [1.165, 1.54) is 12.0 Å². The summed E-state index contributed by atoms with van der Waals surface area (Å²) in [6.45, 7) is 2.67. The second-order valence-electron chi connectivity index (χ2n) is 3.92. The third-order valence-corrected chi connectivity index (χ3v) is 2.37. The molecule has 2 N–H and O–H groups in total. The van der Waals surface area contributed by atoms with Gasteiger partial charge in [0, 0.05) is 20.7 Å². The van der Waals surface area contributed by atoms with Gasteiger partial charge in [0.1, 0.15) is 0 Å². The molecule has 0 aliphatic carbocycles. The standard InChI is InChI=1S/C11H22N2O4/c1-4-5-6-7-13(2)11(16)12-9(8-17-3)10(14)15/h9H,4-8H2,1-3H3,(H,12,16)(H,14,15). The maximum atomic E-state index is 11.6. The van der Waals surface area contributed by atoms with Crippen molar-refractivity contribution >= 4 is 12.0 Å². The van der Waals surface area contributed by atoms with Crippen molar-refractivity contribution < 1.29 is 19.4 Å². The van der Waals surface area contributed by atoms with E-state index in [1.807, 2.05) is 0 Å². The number of carboxylic acids is 1. The number of hydrogen-bond acceptors (Lipinski definition) is 3. The fraction of sp³-hybridized carbons (Fsp3) is 0.818. The molecular weight excluding hydrogens is 224 g/mol. The molecule has 1 unspecified atom stereocenters. The van der Waals surface area contributed by atoms with E-state index in [9.17, 15) is 9.59 Å². The lowest BCUT2D eigenvalue weighted by Gasteiger charge is -2.20. The van der Waals surface area contributed by atoms with E-state index in [2.05, 4.69) is 12.2 Å². The summed E-state index contributed by atoms with van der Waals surface area (Å²) < 4.78 is 4.73. The second-order valence-corrected chi connectivity index (χ2v) is 3.92. The fourth-order valence-corrected chi connectivity index (χ4v) is 1.30. The number of nitrogens with zero attached hydrogens (tertiary/aromatic N) is 1. The topological polar surface area (TPSA) is 78.9 Å². The molecule has 0 aromatic carbocycles. The molecule has 0 spiro atoms. The molecule has 100 valence electrons. The minimum absolute atomic E-state index is 0.0378. The van der Waals surface area contributed by atoms with Crippen LogP contribution < -0.4 is 5.32 Å². The Bertz CT molecular complexity index is 246. The Labute approximate surface area is 102 Å². The number of carbonyl (C=O) groups is 2. The van der Waals surface area contributed by atoms with Crippen molar-refractivity contribution in [3.63, 3.8) is 0 Å². The van der Waals surface area contributed by atoms with Gasteiger partial charge in [-0.05, 0) is 6.42 Å². The quantitative estimate of drug-likeness (QED) is 0.624. The highest BCUT2D eigenvalue weighted by Crippen LogP contribution is 1.97. The van der Waals surface area contributed by atoms with Crippen molar-refractivity contribution in [2.75, 3.05) is 27.3 Å². The second kappa shape index (κ2) is 8.81. The Balaban J connectivity index is 4.06. The number of carbonyl (C=O) groups excluding carboxylic acids is 1. The Hall–Kier alpha value is -1.30. The normalized spacial score (nSPS) is 11.9. The van der Waals surface area contributed by atoms with Crippen molar-refractivity contribution in [1.82, 2.24) is 10.2 Å². The molecule has 0 aliphatic heterocycles. The lowest BCUT2D eigenvalue weighted by atomic mass is 10.2. The van der Waals surface area contributed by atoms with Gasteiger partial charge in [0.2, 0.25) is 0 Å².